The van der Waals surface area contributed by atoms with E-state index >= 15 is 0 Å². The Bertz CT molecular complexity index is 946. The second-order valence-electron chi connectivity index (χ2n) is 6.85. The molecule has 3 aromatic rings. The third kappa shape index (κ3) is 2.65. The lowest BCUT2D eigenvalue weighted by molar-refractivity contribution is -0.119. The van der Waals surface area contributed by atoms with E-state index < -0.39 is 0 Å². The van der Waals surface area contributed by atoms with Gasteiger partial charge in [0, 0.05) is 23.6 Å². The number of rotatable bonds is 3. The van der Waals surface area contributed by atoms with Crippen molar-refractivity contribution in [2.24, 2.45) is 5.73 Å². The number of imidazole rings is 1. The van der Waals surface area contributed by atoms with Gasteiger partial charge in [-0.1, -0.05) is 24.3 Å². The molecule has 2 N–H and O–H groups in total. The zero-order chi connectivity index (χ0) is 17.6. The maximum absolute atomic E-state index is 11.9. The molecule has 0 radical (unpaired) electrons. The maximum Gasteiger partial charge on any atom is 0.225 e. The van der Waals surface area contributed by atoms with E-state index in [2.05, 4.69) is 41.5 Å². The van der Waals surface area contributed by atoms with Crippen LogP contribution in [0.4, 0.5) is 5.69 Å². The van der Waals surface area contributed by atoms with Crippen molar-refractivity contribution >= 4 is 17.2 Å². The van der Waals surface area contributed by atoms with Crippen LogP contribution in [-0.2, 0) is 11.3 Å². The number of fused-ring (bicyclic) bond motifs is 2. The van der Waals surface area contributed by atoms with Crippen molar-refractivity contribution in [3.63, 3.8) is 0 Å². The summed E-state index contributed by atoms with van der Waals surface area (Å²) in [6.07, 6.45) is 2.83. The molecule has 0 fully saturated rings. The van der Waals surface area contributed by atoms with Gasteiger partial charge in [0.05, 0.1) is 18.2 Å². The Hall–Kier alpha value is -2.82. The van der Waals surface area contributed by atoms with E-state index in [1.807, 2.05) is 30.3 Å². The molecule has 4 rings (SSSR count). The zero-order valence-electron chi connectivity index (χ0n) is 14.5. The molecule has 25 heavy (non-hydrogen) atoms. The Morgan fingerprint density at radius 3 is 2.80 bits per heavy atom. The van der Waals surface area contributed by atoms with E-state index in [1.54, 1.807) is 0 Å². The number of hydrogen-bond acceptors (Lipinski definition) is 3. The summed E-state index contributed by atoms with van der Waals surface area (Å²) in [4.78, 5) is 19.0. The van der Waals surface area contributed by atoms with Gasteiger partial charge in [-0.05, 0) is 44.0 Å². The average molecular weight is 334 g/mol. The molecule has 1 amide bonds. The normalized spacial score (nSPS) is 19.8. The SMILES string of the molecule is Cc1cccc2nc(CN3c4ccccc4[C@H](C(N)=O)C[C@@H]3C)cn12. The maximum atomic E-state index is 11.9. The lowest BCUT2D eigenvalue weighted by Crippen LogP contribution is -2.41. The summed E-state index contributed by atoms with van der Waals surface area (Å²) < 4.78 is 2.11. The molecule has 0 saturated carbocycles. The van der Waals surface area contributed by atoms with Crippen molar-refractivity contribution in [2.45, 2.75) is 38.8 Å². The number of carbonyl (C=O) groups excluding carboxylic acids is 1. The highest BCUT2D eigenvalue weighted by Gasteiger charge is 2.33. The number of pyridine rings is 1. The minimum Gasteiger partial charge on any atom is -0.369 e. The van der Waals surface area contributed by atoms with Crippen LogP contribution in [0.5, 0.6) is 0 Å². The lowest BCUT2D eigenvalue weighted by atomic mass is 9.85. The number of nitrogens with zero attached hydrogens (tertiary/aromatic N) is 3. The molecule has 2 atom stereocenters. The van der Waals surface area contributed by atoms with Crippen LogP contribution < -0.4 is 10.6 Å². The van der Waals surface area contributed by atoms with E-state index in [1.165, 1.54) is 0 Å². The number of benzene rings is 1. The van der Waals surface area contributed by atoms with Crippen LogP contribution in [0, 0.1) is 6.92 Å². The van der Waals surface area contributed by atoms with Crippen LogP contribution in [0.1, 0.15) is 36.2 Å². The van der Waals surface area contributed by atoms with Crippen LogP contribution in [-0.4, -0.2) is 21.3 Å². The molecule has 1 aliphatic rings. The third-order valence-electron chi connectivity index (χ3n) is 5.15. The average Bonchev–Trinajstić information content (AvgIpc) is 3.01. The number of primary amides is 1. The van der Waals surface area contributed by atoms with Crippen LogP contribution >= 0.6 is 0 Å². The first-order chi connectivity index (χ1) is 12.0. The fraction of sp³-hybridized carbons (Fsp3) is 0.300. The van der Waals surface area contributed by atoms with Gasteiger partial charge in [0.1, 0.15) is 5.65 Å². The Balaban J connectivity index is 1.72. The standard InChI is InChI=1S/C20H22N4O/c1-13-6-5-9-19-22-15(12-24(13)19)11-23-14(2)10-17(20(21)25)16-7-3-4-8-18(16)23/h3-9,12,14,17H,10-11H2,1-2H3,(H2,21,25)/t14-,17+/m0/s1. The summed E-state index contributed by atoms with van der Waals surface area (Å²) in [5.41, 5.74) is 10.9. The lowest BCUT2D eigenvalue weighted by Gasteiger charge is -2.39. The number of hydrogen-bond donors (Lipinski definition) is 1. The van der Waals surface area contributed by atoms with E-state index in [-0.39, 0.29) is 17.9 Å². The van der Waals surface area contributed by atoms with Gasteiger partial charge in [-0.25, -0.2) is 4.98 Å². The molecule has 128 valence electrons. The summed E-state index contributed by atoms with van der Waals surface area (Å²) in [5.74, 6) is -0.465. The molecule has 1 aromatic carbocycles. The molecule has 0 spiro atoms. The molecule has 2 aromatic heterocycles. The quantitative estimate of drug-likeness (QED) is 0.801. The number of para-hydroxylation sites is 1. The van der Waals surface area contributed by atoms with Crippen molar-refractivity contribution < 1.29 is 4.79 Å². The van der Waals surface area contributed by atoms with Gasteiger partial charge in [0.15, 0.2) is 0 Å². The smallest absolute Gasteiger partial charge is 0.225 e. The Kier molecular flexibility index (Phi) is 3.71. The Morgan fingerprint density at radius 2 is 2.04 bits per heavy atom. The third-order valence-corrected chi connectivity index (χ3v) is 5.15. The van der Waals surface area contributed by atoms with Gasteiger partial charge < -0.3 is 15.0 Å². The monoisotopic (exact) mass is 334 g/mol. The van der Waals surface area contributed by atoms with Crippen molar-refractivity contribution in [3.05, 3.63) is 65.6 Å². The van der Waals surface area contributed by atoms with Crippen molar-refractivity contribution in [3.8, 4) is 0 Å². The predicted molar refractivity (Wildman–Crippen MR) is 98.6 cm³/mol. The van der Waals surface area contributed by atoms with E-state index in [0.29, 0.717) is 6.54 Å². The Morgan fingerprint density at radius 1 is 1.24 bits per heavy atom. The Labute approximate surface area is 147 Å². The molecule has 0 aliphatic carbocycles. The van der Waals surface area contributed by atoms with Crippen molar-refractivity contribution in [1.29, 1.82) is 0 Å². The molecule has 0 unspecified atom stereocenters. The molecule has 3 heterocycles. The first-order valence-electron chi connectivity index (χ1n) is 8.63. The minimum absolute atomic E-state index is 0.217. The van der Waals surface area contributed by atoms with Gasteiger partial charge in [-0.3, -0.25) is 4.79 Å². The zero-order valence-corrected chi connectivity index (χ0v) is 14.5. The number of aryl methyl sites for hydroxylation is 1. The highest BCUT2D eigenvalue weighted by atomic mass is 16.1. The molecule has 0 bridgehead atoms. The van der Waals surface area contributed by atoms with Crippen LogP contribution in [0.3, 0.4) is 0 Å². The fourth-order valence-electron chi connectivity index (χ4n) is 3.84. The van der Waals surface area contributed by atoms with Gasteiger partial charge in [-0.2, -0.15) is 0 Å². The first kappa shape index (κ1) is 15.7. The van der Waals surface area contributed by atoms with Crippen molar-refractivity contribution in [1.82, 2.24) is 9.38 Å². The van der Waals surface area contributed by atoms with Crippen LogP contribution in [0.15, 0.2) is 48.7 Å². The van der Waals surface area contributed by atoms with Crippen molar-refractivity contribution in [2.75, 3.05) is 4.90 Å². The molecular weight excluding hydrogens is 312 g/mol. The van der Waals surface area contributed by atoms with Gasteiger partial charge in [-0.15, -0.1) is 0 Å². The molecular formula is C20H22N4O. The minimum atomic E-state index is -0.248. The van der Waals surface area contributed by atoms with Gasteiger partial charge in [0.2, 0.25) is 5.91 Å². The molecule has 5 nitrogen and oxygen atoms in total. The second kappa shape index (κ2) is 5.92. The summed E-state index contributed by atoms with van der Waals surface area (Å²) in [6, 6.07) is 14.4. The van der Waals surface area contributed by atoms with E-state index in [0.717, 1.165) is 34.7 Å². The van der Waals surface area contributed by atoms with Crippen LogP contribution in [0.25, 0.3) is 5.65 Å². The highest BCUT2D eigenvalue weighted by Crippen LogP contribution is 2.38. The number of aromatic nitrogens is 2. The van der Waals surface area contributed by atoms with E-state index in [4.69, 9.17) is 10.7 Å². The van der Waals surface area contributed by atoms with E-state index in [9.17, 15) is 4.79 Å². The number of amides is 1. The van der Waals surface area contributed by atoms with Crippen LogP contribution in [0.2, 0.25) is 0 Å². The largest absolute Gasteiger partial charge is 0.369 e. The number of nitrogens with two attached hydrogens (primary N) is 1. The molecule has 0 saturated heterocycles. The molecule has 5 heteroatoms. The van der Waals surface area contributed by atoms with Gasteiger partial charge >= 0.3 is 0 Å². The summed E-state index contributed by atoms with van der Waals surface area (Å²) in [5, 5.41) is 0. The fourth-order valence-corrected chi connectivity index (χ4v) is 3.84. The van der Waals surface area contributed by atoms with Gasteiger partial charge in [0.25, 0.3) is 0 Å². The predicted octanol–water partition coefficient (Wildman–Crippen LogP) is 3.01. The second-order valence-corrected chi connectivity index (χ2v) is 6.85. The first-order valence-corrected chi connectivity index (χ1v) is 8.63. The topological polar surface area (TPSA) is 63.6 Å². The molecule has 1 aliphatic heterocycles. The highest BCUT2D eigenvalue weighted by molar-refractivity contribution is 5.85. The number of carbonyl (C=O) groups is 1. The number of anilines is 1. The summed E-state index contributed by atoms with van der Waals surface area (Å²) in [6.45, 7) is 4.94. The summed E-state index contributed by atoms with van der Waals surface area (Å²) >= 11 is 0. The summed E-state index contributed by atoms with van der Waals surface area (Å²) in [7, 11) is 0.